The lowest BCUT2D eigenvalue weighted by Crippen LogP contribution is -2.24. The summed E-state index contributed by atoms with van der Waals surface area (Å²) in [6, 6.07) is 7.77. The number of esters is 1. The van der Waals surface area contributed by atoms with Crippen LogP contribution in [-0.2, 0) is 11.2 Å². The van der Waals surface area contributed by atoms with Crippen LogP contribution >= 0.6 is 0 Å². The maximum absolute atomic E-state index is 11.7. The summed E-state index contributed by atoms with van der Waals surface area (Å²) < 4.78 is 5.17. The van der Waals surface area contributed by atoms with Gasteiger partial charge in [-0.15, -0.1) is 0 Å². The van der Waals surface area contributed by atoms with Gasteiger partial charge in [-0.2, -0.15) is 0 Å². The van der Waals surface area contributed by atoms with Crippen molar-refractivity contribution in [3.8, 4) is 0 Å². The van der Waals surface area contributed by atoms with Crippen molar-refractivity contribution in [2.24, 2.45) is 0 Å². The summed E-state index contributed by atoms with van der Waals surface area (Å²) in [6.45, 7) is 15.5. The molecule has 1 aromatic carbocycles. The molecule has 1 rings (SSSR count). The first kappa shape index (κ1) is 20.6. The molecule has 22 heavy (non-hydrogen) atoms. The average Bonchev–Trinajstić information content (AvgIpc) is 2.53. The van der Waals surface area contributed by atoms with Gasteiger partial charge in [-0.1, -0.05) is 39.8 Å². The van der Waals surface area contributed by atoms with Crippen LogP contribution in [0.15, 0.2) is 24.3 Å². The van der Waals surface area contributed by atoms with Crippen molar-refractivity contribution in [3.05, 3.63) is 35.4 Å². The monoisotopic (exact) mass is 307 g/mol. The Morgan fingerprint density at radius 1 is 1.09 bits per heavy atom. The van der Waals surface area contributed by atoms with Gasteiger partial charge in [0.15, 0.2) is 0 Å². The first-order chi connectivity index (χ1) is 10.6. The Hall–Kier alpha value is -1.35. The van der Waals surface area contributed by atoms with Crippen molar-refractivity contribution in [2.45, 2.75) is 60.5 Å². The Balaban J connectivity index is 0.00000211. The molecule has 0 amide bonds. The van der Waals surface area contributed by atoms with Gasteiger partial charge < -0.3 is 9.64 Å². The predicted octanol–water partition coefficient (Wildman–Crippen LogP) is 4.55. The number of benzene rings is 1. The number of rotatable bonds is 8. The smallest absolute Gasteiger partial charge is 0.338 e. The van der Waals surface area contributed by atoms with Crippen molar-refractivity contribution in [1.29, 1.82) is 0 Å². The molecule has 3 nitrogen and oxygen atoms in total. The highest BCUT2D eigenvalue weighted by Crippen LogP contribution is 2.09. The van der Waals surface area contributed by atoms with Gasteiger partial charge in [0.1, 0.15) is 0 Å². The molecule has 0 bridgehead atoms. The molecule has 0 heterocycles. The van der Waals surface area contributed by atoms with E-state index in [1.54, 1.807) is 0 Å². The second kappa shape index (κ2) is 12.2. The molecule has 126 valence electrons. The molecule has 0 aromatic heterocycles. The normalized spacial score (nSPS) is 10.4. The zero-order valence-electron chi connectivity index (χ0n) is 15.2. The fraction of sp³-hybridized carbons (Fsp3) is 0.632. The number of hydrogen-bond donors (Lipinski definition) is 0. The van der Waals surface area contributed by atoms with E-state index in [4.69, 9.17) is 4.74 Å². The molecular weight excluding hydrogens is 274 g/mol. The summed E-state index contributed by atoms with van der Waals surface area (Å²) in [5.41, 5.74) is 1.91. The second-order valence-corrected chi connectivity index (χ2v) is 5.28. The lowest BCUT2D eigenvalue weighted by atomic mass is 10.1. The number of nitrogens with zero attached hydrogens (tertiary/aromatic N) is 1. The van der Waals surface area contributed by atoms with Crippen LogP contribution in [0.1, 0.15) is 63.9 Å². The summed E-state index contributed by atoms with van der Waals surface area (Å²) in [5.74, 6) is -0.241. The molecule has 0 aliphatic carbocycles. The van der Waals surface area contributed by atoms with Crippen LogP contribution in [0.4, 0.5) is 0 Å². The number of ether oxygens (including phenoxy) is 1. The van der Waals surface area contributed by atoms with Crippen LogP contribution in [0.5, 0.6) is 0 Å². The van der Waals surface area contributed by atoms with E-state index < -0.39 is 0 Å². The molecule has 0 atom stereocenters. The summed E-state index contributed by atoms with van der Waals surface area (Å²) >= 11 is 0. The van der Waals surface area contributed by atoms with Gasteiger partial charge >= 0.3 is 5.97 Å². The van der Waals surface area contributed by atoms with Crippen LogP contribution in [0.25, 0.3) is 0 Å². The van der Waals surface area contributed by atoms with Crippen molar-refractivity contribution < 1.29 is 9.53 Å². The Morgan fingerprint density at radius 2 is 1.64 bits per heavy atom. The van der Waals surface area contributed by atoms with E-state index in [0.29, 0.717) is 5.56 Å². The highest BCUT2D eigenvalue weighted by Gasteiger charge is 2.08. The van der Waals surface area contributed by atoms with Crippen molar-refractivity contribution in [1.82, 2.24) is 4.90 Å². The molecule has 0 saturated carbocycles. The fourth-order valence-corrected chi connectivity index (χ4v) is 2.14. The quantitative estimate of drug-likeness (QED) is 0.660. The third-order valence-corrected chi connectivity index (χ3v) is 3.37. The third kappa shape index (κ3) is 8.18. The highest BCUT2D eigenvalue weighted by atomic mass is 16.5. The minimum absolute atomic E-state index is 0.0729. The number of carbonyl (C=O) groups excluding carboxylic acids is 1. The molecular formula is C19H33NO2. The van der Waals surface area contributed by atoms with Gasteiger partial charge in [-0.3, -0.25) is 0 Å². The Morgan fingerprint density at radius 3 is 2.09 bits per heavy atom. The summed E-state index contributed by atoms with van der Waals surface area (Å²) in [5, 5.41) is 0. The molecule has 1 aromatic rings. The zero-order valence-corrected chi connectivity index (χ0v) is 15.2. The SMILES string of the molecule is CC.CCN(CC)CCCc1ccc(C(=O)OC(C)C)cc1. The third-order valence-electron chi connectivity index (χ3n) is 3.37. The predicted molar refractivity (Wildman–Crippen MR) is 94.5 cm³/mol. The minimum Gasteiger partial charge on any atom is -0.459 e. The van der Waals surface area contributed by atoms with Gasteiger partial charge in [0.2, 0.25) is 0 Å². The van der Waals surface area contributed by atoms with E-state index in [9.17, 15) is 4.79 Å². The van der Waals surface area contributed by atoms with E-state index in [0.717, 1.165) is 32.5 Å². The van der Waals surface area contributed by atoms with Crippen molar-refractivity contribution in [3.63, 3.8) is 0 Å². The highest BCUT2D eigenvalue weighted by molar-refractivity contribution is 5.89. The van der Waals surface area contributed by atoms with E-state index in [1.807, 2.05) is 52.0 Å². The van der Waals surface area contributed by atoms with E-state index in [1.165, 1.54) is 5.56 Å². The van der Waals surface area contributed by atoms with Crippen molar-refractivity contribution in [2.75, 3.05) is 19.6 Å². The van der Waals surface area contributed by atoms with Crippen LogP contribution in [0, 0.1) is 0 Å². The topological polar surface area (TPSA) is 29.5 Å². The van der Waals surface area contributed by atoms with Gasteiger partial charge in [0.25, 0.3) is 0 Å². The first-order valence-corrected chi connectivity index (χ1v) is 8.59. The average molecular weight is 307 g/mol. The Kier molecular flexibility index (Phi) is 11.5. The molecule has 0 N–H and O–H groups in total. The van der Waals surface area contributed by atoms with E-state index in [2.05, 4.69) is 18.7 Å². The summed E-state index contributed by atoms with van der Waals surface area (Å²) in [7, 11) is 0. The lowest BCUT2D eigenvalue weighted by molar-refractivity contribution is 0.0378. The van der Waals surface area contributed by atoms with Crippen molar-refractivity contribution >= 4 is 5.97 Å². The molecule has 0 fully saturated rings. The first-order valence-electron chi connectivity index (χ1n) is 8.59. The summed E-state index contributed by atoms with van der Waals surface area (Å²) in [4.78, 5) is 14.1. The largest absolute Gasteiger partial charge is 0.459 e. The van der Waals surface area contributed by atoms with Crippen LogP contribution < -0.4 is 0 Å². The Bertz CT molecular complexity index is 394. The van der Waals surface area contributed by atoms with Crippen LogP contribution in [-0.4, -0.2) is 36.6 Å². The molecule has 0 aliphatic rings. The van der Waals surface area contributed by atoms with Crippen LogP contribution in [0.2, 0.25) is 0 Å². The molecule has 0 aliphatic heterocycles. The standard InChI is InChI=1S/C17H27NO2.C2H6/c1-5-18(6-2)13-7-8-15-9-11-16(12-10-15)17(19)20-14(3)4;1-2/h9-12,14H,5-8,13H2,1-4H3;1-2H3. The minimum atomic E-state index is -0.241. The van der Waals surface area contributed by atoms with Gasteiger partial charge in [0, 0.05) is 0 Å². The number of carbonyl (C=O) groups is 1. The van der Waals surface area contributed by atoms with E-state index >= 15 is 0 Å². The molecule has 0 unspecified atom stereocenters. The fourth-order valence-electron chi connectivity index (χ4n) is 2.14. The Labute approximate surface area is 136 Å². The van der Waals surface area contributed by atoms with Crippen LogP contribution in [0.3, 0.4) is 0 Å². The number of hydrogen-bond acceptors (Lipinski definition) is 3. The second-order valence-electron chi connectivity index (χ2n) is 5.28. The van der Waals surface area contributed by atoms with E-state index in [-0.39, 0.29) is 12.1 Å². The zero-order chi connectivity index (χ0) is 17.0. The molecule has 3 heteroatoms. The molecule has 0 radical (unpaired) electrons. The van der Waals surface area contributed by atoms with Gasteiger partial charge in [-0.05, 0) is 64.0 Å². The summed E-state index contributed by atoms with van der Waals surface area (Å²) in [6.07, 6.45) is 2.13. The molecule has 0 spiro atoms. The molecule has 0 saturated heterocycles. The lowest BCUT2D eigenvalue weighted by Gasteiger charge is -2.17. The maximum atomic E-state index is 11.7. The maximum Gasteiger partial charge on any atom is 0.338 e. The number of aryl methyl sites for hydroxylation is 1. The van der Waals surface area contributed by atoms with Gasteiger partial charge in [-0.25, -0.2) is 4.79 Å². The van der Waals surface area contributed by atoms with Gasteiger partial charge in [0.05, 0.1) is 11.7 Å².